The smallest absolute Gasteiger partial charge is 0.243 e. The van der Waals surface area contributed by atoms with E-state index in [0.29, 0.717) is 11.4 Å². The summed E-state index contributed by atoms with van der Waals surface area (Å²) < 4.78 is 13.1. The molecule has 1 aromatic heterocycles. The number of carbonyl (C=O) groups excluding carboxylic acids is 1. The molecule has 6 nitrogen and oxygen atoms in total. The molecule has 0 fully saturated rings. The second-order valence-electron chi connectivity index (χ2n) is 4.73. The average molecular weight is 291 g/mol. The number of benzene rings is 1. The number of rotatable bonds is 6. The van der Waals surface area contributed by atoms with Crippen molar-refractivity contribution in [3.05, 3.63) is 30.1 Å². The number of hydrogen-bond donors (Lipinski definition) is 1. The summed E-state index contributed by atoms with van der Waals surface area (Å²) >= 11 is 0. The Morgan fingerprint density at radius 2 is 2.14 bits per heavy atom. The van der Waals surface area contributed by atoms with Crippen LogP contribution in [0.1, 0.15) is 26.7 Å². The summed E-state index contributed by atoms with van der Waals surface area (Å²) in [6.07, 6.45) is 1.75. The predicted molar refractivity (Wildman–Crippen MR) is 75.7 cm³/mol. The molecule has 21 heavy (non-hydrogen) atoms. The van der Waals surface area contributed by atoms with Crippen LogP contribution >= 0.6 is 0 Å². The van der Waals surface area contributed by atoms with Crippen LogP contribution in [0.3, 0.4) is 0 Å². The first-order chi connectivity index (χ1) is 10.1. The number of halogens is 1. The summed E-state index contributed by atoms with van der Waals surface area (Å²) in [5, 5.41) is 14.6. The summed E-state index contributed by atoms with van der Waals surface area (Å²) in [6.45, 7) is 4.03. The lowest BCUT2D eigenvalue weighted by Gasteiger charge is -2.13. The fourth-order valence-electron chi connectivity index (χ4n) is 1.95. The van der Waals surface area contributed by atoms with Crippen LogP contribution < -0.4 is 5.32 Å². The zero-order chi connectivity index (χ0) is 15.2. The second-order valence-corrected chi connectivity index (χ2v) is 4.73. The number of nitrogens with one attached hydrogen (secondary N) is 1. The van der Waals surface area contributed by atoms with Gasteiger partial charge in [0.15, 0.2) is 0 Å². The number of amides is 1. The summed E-state index contributed by atoms with van der Waals surface area (Å²) in [6, 6.07) is 6.09. The maximum atomic E-state index is 13.1. The van der Waals surface area contributed by atoms with Gasteiger partial charge >= 0.3 is 0 Å². The van der Waals surface area contributed by atoms with Gasteiger partial charge in [-0.25, -0.2) is 4.39 Å². The maximum Gasteiger partial charge on any atom is 0.243 e. The van der Waals surface area contributed by atoms with Gasteiger partial charge in [-0.3, -0.25) is 4.79 Å². The van der Waals surface area contributed by atoms with Crippen molar-refractivity contribution in [3.63, 3.8) is 0 Å². The van der Waals surface area contributed by atoms with E-state index >= 15 is 0 Å². The third-order valence-corrected chi connectivity index (χ3v) is 3.17. The van der Waals surface area contributed by atoms with E-state index in [1.165, 1.54) is 16.9 Å². The molecule has 1 amide bonds. The Morgan fingerprint density at radius 1 is 1.38 bits per heavy atom. The quantitative estimate of drug-likeness (QED) is 0.880. The van der Waals surface area contributed by atoms with Crippen LogP contribution in [0.15, 0.2) is 24.3 Å². The first-order valence-corrected chi connectivity index (χ1v) is 6.95. The third kappa shape index (κ3) is 4.08. The minimum absolute atomic E-state index is 0.00117. The van der Waals surface area contributed by atoms with Crippen LogP contribution in [-0.4, -0.2) is 32.2 Å². The first-order valence-electron chi connectivity index (χ1n) is 6.95. The van der Waals surface area contributed by atoms with Gasteiger partial charge in [0.1, 0.15) is 12.4 Å². The number of tetrazole rings is 1. The van der Waals surface area contributed by atoms with Gasteiger partial charge in [-0.05, 0) is 30.2 Å². The summed E-state index contributed by atoms with van der Waals surface area (Å²) in [5.74, 6) is -0.230. The van der Waals surface area contributed by atoms with Gasteiger partial charge < -0.3 is 5.32 Å². The minimum atomic E-state index is -0.365. The Balaban J connectivity index is 2.02. The van der Waals surface area contributed by atoms with E-state index in [4.69, 9.17) is 0 Å². The highest BCUT2D eigenvalue weighted by molar-refractivity contribution is 5.75. The minimum Gasteiger partial charge on any atom is -0.352 e. The van der Waals surface area contributed by atoms with Gasteiger partial charge in [0, 0.05) is 11.6 Å². The topological polar surface area (TPSA) is 72.7 Å². The zero-order valence-corrected chi connectivity index (χ0v) is 12.1. The van der Waals surface area contributed by atoms with Crippen molar-refractivity contribution in [2.45, 2.75) is 39.3 Å². The van der Waals surface area contributed by atoms with Crippen LogP contribution in [0.2, 0.25) is 0 Å². The molecule has 0 atom stereocenters. The number of hydrogen-bond acceptors (Lipinski definition) is 4. The molecule has 0 aliphatic heterocycles. The van der Waals surface area contributed by atoms with E-state index in [0.717, 1.165) is 12.8 Å². The van der Waals surface area contributed by atoms with Crippen molar-refractivity contribution in [1.29, 1.82) is 0 Å². The lowest BCUT2D eigenvalue weighted by Crippen LogP contribution is -2.36. The zero-order valence-electron chi connectivity index (χ0n) is 12.1. The van der Waals surface area contributed by atoms with Crippen molar-refractivity contribution < 1.29 is 9.18 Å². The number of nitrogens with zero attached hydrogens (tertiary/aromatic N) is 4. The molecule has 0 aliphatic rings. The fraction of sp³-hybridized carbons (Fsp3) is 0.429. The normalized spacial score (nSPS) is 10.9. The predicted octanol–water partition coefficient (Wildman–Crippen LogP) is 1.78. The third-order valence-electron chi connectivity index (χ3n) is 3.17. The van der Waals surface area contributed by atoms with Crippen molar-refractivity contribution in [2.24, 2.45) is 0 Å². The van der Waals surface area contributed by atoms with Crippen LogP contribution in [0.4, 0.5) is 4.39 Å². The molecule has 0 saturated carbocycles. The molecular weight excluding hydrogens is 273 g/mol. The Morgan fingerprint density at radius 3 is 2.81 bits per heavy atom. The summed E-state index contributed by atoms with van der Waals surface area (Å²) in [4.78, 5) is 13.0. The van der Waals surface area contributed by atoms with Crippen LogP contribution in [0.25, 0.3) is 11.4 Å². The number of aromatic nitrogens is 4. The van der Waals surface area contributed by atoms with E-state index in [1.54, 1.807) is 12.1 Å². The largest absolute Gasteiger partial charge is 0.352 e. The van der Waals surface area contributed by atoms with Gasteiger partial charge in [0.05, 0.1) is 0 Å². The van der Waals surface area contributed by atoms with Crippen molar-refractivity contribution in [3.8, 4) is 11.4 Å². The molecule has 2 aromatic rings. The standard InChI is InChI=1S/C14H18FN5O/c1-3-12(4-2)16-13(21)9-20-18-14(17-19-20)10-6-5-7-11(15)8-10/h5-8,12H,3-4,9H2,1-2H3,(H,16,21). The molecule has 1 aromatic carbocycles. The molecule has 1 N–H and O–H groups in total. The van der Waals surface area contributed by atoms with Crippen molar-refractivity contribution in [2.75, 3.05) is 0 Å². The summed E-state index contributed by atoms with van der Waals surface area (Å²) in [5.41, 5.74) is 0.529. The van der Waals surface area contributed by atoms with E-state index in [9.17, 15) is 9.18 Å². The highest BCUT2D eigenvalue weighted by Gasteiger charge is 2.12. The first kappa shape index (κ1) is 15.1. The molecule has 7 heteroatoms. The van der Waals surface area contributed by atoms with E-state index in [2.05, 4.69) is 20.7 Å². The van der Waals surface area contributed by atoms with Gasteiger partial charge in [-0.1, -0.05) is 26.0 Å². The Kier molecular flexibility index (Phi) is 4.97. The second kappa shape index (κ2) is 6.92. The van der Waals surface area contributed by atoms with Crippen LogP contribution in [-0.2, 0) is 11.3 Å². The monoisotopic (exact) mass is 291 g/mol. The molecule has 0 spiro atoms. The van der Waals surface area contributed by atoms with Crippen LogP contribution in [0.5, 0.6) is 0 Å². The SMILES string of the molecule is CCC(CC)NC(=O)Cn1nnc(-c2cccc(F)c2)n1. The lowest BCUT2D eigenvalue weighted by atomic mass is 10.2. The van der Waals surface area contributed by atoms with Crippen LogP contribution in [0, 0.1) is 5.82 Å². The van der Waals surface area contributed by atoms with Gasteiger partial charge in [0.25, 0.3) is 0 Å². The Labute approximate surface area is 122 Å². The Bertz CT molecular complexity index is 609. The summed E-state index contributed by atoms with van der Waals surface area (Å²) in [7, 11) is 0. The molecule has 112 valence electrons. The van der Waals surface area contributed by atoms with Gasteiger partial charge in [0.2, 0.25) is 11.7 Å². The fourth-order valence-corrected chi connectivity index (χ4v) is 1.95. The molecule has 0 aliphatic carbocycles. The van der Waals surface area contributed by atoms with Crippen molar-refractivity contribution >= 4 is 5.91 Å². The molecule has 0 bridgehead atoms. The number of carbonyl (C=O) groups is 1. The Hall–Kier alpha value is -2.31. The highest BCUT2D eigenvalue weighted by Crippen LogP contribution is 2.14. The molecule has 2 rings (SSSR count). The lowest BCUT2D eigenvalue weighted by molar-refractivity contribution is -0.122. The molecular formula is C14H18FN5O. The van der Waals surface area contributed by atoms with Gasteiger partial charge in [-0.2, -0.15) is 4.80 Å². The van der Waals surface area contributed by atoms with Gasteiger partial charge in [-0.15, -0.1) is 10.2 Å². The average Bonchev–Trinajstić information content (AvgIpc) is 2.93. The highest BCUT2D eigenvalue weighted by atomic mass is 19.1. The molecule has 0 radical (unpaired) electrons. The van der Waals surface area contributed by atoms with Crippen molar-refractivity contribution in [1.82, 2.24) is 25.5 Å². The molecule has 0 unspecified atom stereocenters. The van der Waals surface area contributed by atoms with E-state index in [1.807, 2.05) is 13.8 Å². The molecule has 1 heterocycles. The molecule has 0 saturated heterocycles. The van der Waals surface area contributed by atoms with E-state index < -0.39 is 0 Å². The van der Waals surface area contributed by atoms with E-state index in [-0.39, 0.29) is 24.3 Å². The maximum absolute atomic E-state index is 13.1.